The summed E-state index contributed by atoms with van der Waals surface area (Å²) in [5.74, 6) is -0.201. The third-order valence-corrected chi connectivity index (χ3v) is 4.78. The van der Waals surface area contributed by atoms with Crippen LogP contribution in [0.1, 0.15) is 45.1 Å². The molecule has 1 amide bonds. The number of carbonyl (C=O) groups is 1. The molecule has 1 aliphatic carbocycles. The molecule has 0 saturated heterocycles. The van der Waals surface area contributed by atoms with E-state index in [0.717, 1.165) is 31.2 Å². The zero-order valence-corrected chi connectivity index (χ0v) is 12.9. The van der Waals surface area contributed by atoms with Gasteiger partial charge in [0.05, 0.1) is 6.10 Å². The summed E-state index contributed by atoms with van der Waals surface area (Å²) in [6.45, 7) is 4.22. The summed E-state index contributed by atoms with van der Waals surface area (Å²) in [7, 11) is 0. The lowest BCUT2D eigenvalue weighted by atomic mass is 9.73. The van der Waals surface area contributed by atoms with E-state index in [1.807, 2.05) is 37.3 Å². The highest BCUT2D eigenvalue weighted by Gasteiger charge is 2.37. The zero-order valence-electron chi connectivity index (χ0n) is 12.9. The number of amides is 1. The van der Waals surface area contributed by atoms with Crippen molar-refractivity contribution in [2.45, 2.75) is 51.2 Å². The lowest BCUT2D eigenvalue weighted by Crippen LogP contribution is -2.53. The monoisotopic (exact) mass is 290 g/mol. The second-order valence-corrected chi connectivity index (χ2v) is 6.67. The molecule has 3 unspecified atom stereocenters. The van der Waals surface area contributed by atoms with Gasteiger partial charge in [-0.05, 0) is 25.3 Å². The van der Waals surface area contributed by atoms with Crippen molar-refractivity contribution < 1.29 is 9.90 Å². The van der Waals surface area contributed by atoms with Crippen molar-refractivity contribution in [3.63, 3.8) is 0 Å². The highest BCUT2D eigenvalue weighted by atomic mass is 16.3. The highest BCUT2D eigenvalue weighted by Crippen LogP contribution is 2.35. The molecule has 0 heterocycles. The van der Waals surface area contributed by atoms with Crippen LogP contribution in [-0.2, 0) is 10.3 Å². The Balaban J connectivity index is 2.01. The number of aliphatic hydroxyl groups excluding tert-OH is 1. The minimum Gasteiger partial charge on any atom is -0.392 e. The van der Waals surface area contributed by atoms with Crippen LogP contribution in [0.3, 0.4) is 0 Å². The summed E-state index contributed by atoms with van der Waals surface area (Å²) in [5.41, 5.74) is 5.68. The summed E-state index contributed by atoms with van der Waals surface area (Å²) in [6.07, 6.45) is 3.55. The summed E-state index contributed by atoms with van der Waals surface area (Å²) >= 11 is 0. The molecule has 4 nitrogen and oxygen atoms in total. The van der Waals surface area contributed by atoms with E-state index < -0.39 is 5.54 Å². The van der Waals surface area contributed by atoms with Crippen molar-refractivity contribution in [1.82, 2.24) is 5.32 Å². The van der Waals surface area contributed by atoms with Crippen LogP contribution in [0.5, 0.6) is 0 Å². The van der Waals surface area contributed by atoms with Crippen molar-refractivity contribution in [2.75, 3.05) is 6.54 Å². The Morgan fingerprint density at radius 2 is 2.10 bits per heavy atom. The van der Waals surface area contributed by atoms with Crippen LogP contribution in [0, 0.1) is 5.41 Å². The Morgan fingerprint density at radius 3 is 2.71 bits per heavy atom. The van der Waals surface area contributed by atoms with Crippen LogP contribution in [0.4, 0.5) is 0 Å². The Kier molecular flexibility index (Phi) is 4.69. The molecular formula is C17H26N2O2. The molecule has 0 aromatic heterocycles. The van der Waals surface area contributed by atoms with Crippen molar-refractivity contribution in [3.8, 4) is 0 Å². The summed E-state index contributed by atoms with van der Waals surface area (Å²) in [4.78, 5) is 12.4. The second-order valence-electron chi connectivity index (χ2n) is 6.67. The van der Waals surface area contributed by atoms with E-state index in [4.69, 9.17) is 5.73 Å². The lowest BCUT2D eigenvalue weighted by molar-refractivity contribution is -0.127. The fourth-order valence-corrected chi connectivity index (χ4v) is 2.97. The van der Waals surface area contributed by atoms with Crippen molar-refractivity contribution in [2.24, 2.45) is 11.1 Å². The number of rotatable bonds is 4. The van der Waals surface area contributed by atoms with Gasteiger partial charge in [0.15, 0.2) is 0 Å². The predicted molar refractivity (Wildman–Crippen MR) is 83.6 cm³/mol. The van der Waals surface area contributed by atoms with Gasteiger partial charge in [-0.3, -0.25) is 4.79 Å². The maximum absolute atomic E-state index is 12.4. The fraction of sp³-hybridized carbons (Fsp3) is 0.588. The van der Waals surface area contributed by atoms with E-state index in [-0.39, 0.29) is 17.4 Å². The van der Waals surface area contributed by atoms with E-state index in [2.05, 4.69) is 5.32 Å². The van der Waals surface area contributed by atoms with Gasteiger partial charge in [0.1, 0.15) is 5.54 Å². The number of hydrogen-bond acceptors (Lipinski definition) is 3. The van der Waals surface area contributed by atoms with Gasteiger partial charge in [-0.2, -0.15) is 0 Å². The summed E-state index contributed by atoms with van der Waals surface area (Å²) in [6, 6.07) is 9.37. The van der Waals surface area contributed by atoms with Crippen LogP contribution in [0.25, 0.3) is 0 Å². The Bertz CT molecular complexity index is 487. The highest BCUT2D eigenvalue weighted by molar-refractivity contribution is 5.87. The zero-order chi connectivity index (χ0) is 15.5. The lowest BCUT2D eigenvalue weighted by Gasteiger charge is -2.39. The molecule has 2 rings (SSSR count). The molecule has 4 heteroatoms. The van der Waals surface area contributed by atoms with Crippen LogP contribution in [-0.4, -0.2) is 23.7 Å². The van der Waals surface area contributed by atoms with Gasteiger partial charge >= 0.3 is 0 Å². The first-order chi connectivity index (χ1) is 9.86. The van der Waals surface area contributed by atoms with Gasteiger partial charge in [0.2, 0.25) is 5.91 Å². The van der Waals surface area contributed by atoms with Crippen molar-refractivity contribution in [3.05, 3.63) is 35.9 Å². The number of aliphatic hydroxyl groups is 1. The normalized spacial score (nSPS) is 28.7. The smallest absolute Gasteiger partial charge is 0.244 e. The van der Waals surface area contributed by atoms with Crippen LogP contribution in [0.2, 0.25) is 0 Å². The Labute approximate surface area is 126 Å². The molecule has 0 bridgehead atoms. The first kappa shape index (κ1) is 16.0. The molecule has 1 saturated carbocycles. The van der Waals surface area contributed by atoms with Gasteiger partial charge in [-0.25, -0.2) is 0 Å². The third kappa shape index (κ3) is 3.44. The van der Waals surface area contributed by atoms with Gasteiger partial charge in [0, 0.05) is 12.0 Å². The van der Waals surface area contributed by atoms with E-state index in [9.17, 15) is 9.90 Å². The van der Waals surface area contributed by atoms with Gasteiger partial charge in [-0.1, -0.05) is 50.1 Å². The fourth-order valence-electron chi connectivity index (χ4n) is 2.97. The number of benzene rings is 1. The topological polar surface area (TPSA) is 75.4 Å². The number of carbonyl (C=O) groups excluding carboxylic acids is 1. The average molecular weight is 290 g/mol. The number of hydrogen-bond donors (Lipinski definition) is 3. The van der Waals surface area contributed by atoms with E-state index in [1.54, 1.807) is 6.92 Å². The minimum absolute atomic E-state index is 0.201. The average Bonchev–Trinajstić information content (AvgIpc) is 2.49. The largest absolute Gasteiger partial charge is 0.392 e. The maximum atomic E-state index is 12.4. The molecule has 1 aliphatic rings. The Hall–Kier alpha value is -1.39. The van der Waals surface area contributed by atoms with Crippen LogP contribution in [0.15, 0.2) is 30.3 Å². The molecule has 1 fully saturated rings. The first-order valence-electron chi connectivity index (χ1n) is 7.67. The van der Waals surface area contributed by atoms with Gasteiger partial charge < -0.3 is 16.2 Å². The summed E-state index contributed by atoms with van der Waals surface area (Å²) in [5, 5.41) is 13.1. The van der Waals surface area contributed by atoms with Crippen LogP contribution >= 0.6 is 0 Å². The van der Waals surface area contributed by atoms with E-state index >= 15 is 0 Å². The molecule has 1 aromatic rings. The predicted octanol–water partition coefficient (Wildman–Crippen LogP) is 1.92. The molecule has 0 radical (unpaired) electrons. The molecule has 0 spiro atoms. The van der Waals surface area contributed by atoms with E-state index in [0.29, 0.717) is 6.54 Å². The first-order valence-corrected chi connectivity index (χ1v) is 7.67. The quantitative estimate of drug-likeness (QED) is 0.793. The Morgan fingerprint density at radius 1 is 1.43 bits per heavy atom. The summed E-state index contributed by atoms with van der Waals surface area (Å²) < 4.78 is 0. The van der Waals surface area contributed by atoms with Crippen molar-refractivity contribution in [1.29, 1.82) is 0 Å². The standard InChI is InChI=1S/C17H26N2O2/c1-16(11-7-6-10-14(16)20)12-19-15(21)17(2,18)13-8-4-3-5-9-13/h3-5,8-9,14,20H,6-7,10-12,18H2,1-2H3,(H,19,21). The molecular weight excluding hydrogens is 264 g/mol. The molecule has 3 atom stereocenters. The third-order valence-electron chi connectivity index (χ3n) is 4.78. The number of nitrogens with one attached hydrogen (secondary N) is 1. The van der Waals surface area contributed by atoms with Gasteiger partial charge in [0.25, 0.3) is 0 Å². The minimum atomic E-state index is -1.06. The number of nitrogens with two attached hydrogens (primary N) is 1. The van der Waals surface area contributed by atoms with Crippen LogP contribution < -0.4 is 11.1 Å². The second kappa shape index (κ2) is 6.16. The van der Waals surface area contributed by atoms with Gasteiger partial charge in [-0.15, -0.1) is 0 Å². The maximum Gasteiger partial charge on any atom is 0.244 e. The van der Waals surface area contributed by atoms with Crippen molar-refractivity contribution >= 4 is 5.91 Å². The molecule has 4 N–H and O–H groups in total. The molecule has 116 valence electrons. The molecule has 0 aliphatic heterocycles. The molecule has 1 aromatic carbocycles. The van der Waals surface area contributed by atoms with E-state index in [1.165, 1.54) is 0 Å². The SMILES string of the molecule is CC(N)(C(=O)NCC1(C)CCCCC1O)c1ccccc1. The molecule has 21 heavy (non-hydrogen) atoms.